The molecule has 0 aliphatic heterocycles. The summed E-state index contributed by atoms with van der Waals surface area (Å²) in [6, 6.07) is 0. The molecule has 4 nitrogen and oxygen atoms in total. The van der Waals surface area contributed by atoms with Crippen molar-refractivity contribution < 1.29 is 14.6 Å². The molecule has 0 aromatic carbocycles. The number of aliphatic hydroxyl groups is 1. The van der Waals surface area contributed by atoms with Crippen molar-refractivity contribution in [2.75, 3.05) is 26.4 Å². The van der Waals surface area contributed by atoms with Crippen molar-refractivity contribution in [3.63, 3.8) is 0 Å². The smallest absolute Gasteiger partial charge is 0.222 e. The molecule has 0 aliphatic carbocycles. The summed E-state index contributed by atoms with van der Waals surface area (Å²) in [5, 5.41) is 11.0. The van der Waals surface area contributed by atoms with Crippen LogP contribution in [0.5, 0.6) is 0 Å². The van der Waals surface area contributed by atoms with E-state index >= 15 is 0 Å². The van der Waals surface area contributed by atoms with Gasteiger partial charge in [-0.25, -0.2) is 0 Å². The second-order valence-electron chi connectivity index (χ2n) is 3.55. The first-order valence-electron chi connectivity index (χ1n) is 5.17. The molecule has 2 N–H and O–H groups in total. The van der Waals surface area contributed by atoms with Gasteiger partial charge in [0.1, 0.15) is 0 Å². The third kappa shape index (κ3) is 8.84. The van der Waals surface area contributed by atoms with Crippen LogP contribution < -0.4 is 5.32 Å². The van der Waals surface area contributed by atoms with Crippen LogP contribution in [0.4, 0.5) is 0 Å². The number of hydrogen-bond donors (Lipinski definition) is 2. The van der Waals surface area contributed by atoms with Crippen molar-refractivity contribution in [2.45, 2.75) is 25.1 Å². The Kier molecular flexibility index (Phi) is 9.04. The summed E-state index contributed by atoms with van der Waals surface area (Å²) in [4.78, 5) is 11.5. The summed E-state index contributed by atoms with van der Waals surface area (Å²) in [6.07, 6.45) is 0.351. The molecule has 0 saturated carbocycles. The number of hydrogen-bond acceptors (Lipinski definition) is 3. The lowest BCUT2D eigenvalue weighted by Gasteiger charge is -2.13. The monoisotopic (exact) mass is 281 g/mol. The minimum absolute atomic E-state index is 0.0231. The van der Waals surface area contributed by atoms with Crippen molar-refractivity contribution >= 4 is 21.8 Å². The molecule has 1 unspecified atom stereocenters. The standard InChI is InChI=1S/C10H20BrNO3/c1-8(9(2)11)7-15-6-3-10(14)12-4-5-13/h8-9,13H,3-7H2,1-2H3,(H,12,14)/t8?,9-/m0/s1. The molecule has 15 heavy (non-hydrogen) atoms. The van der Waals surface area contributed by atoms with Crippen LogP contribution in [-0.4, -0.2) is 42.2 Å². The third-order valence-electron chi connectivity index (χ3n) is 2.07. The average Bonchev–Trinajstić information content (AvgIpc) is 2.20. The average molecular weight is 282 g/mol. The molecular formula is C10H20BrNO3. The van der Waals surface area contributed by atoms with E-state index in [1.807, 2.05) is 0 Å². The first kappa shape index (κ1) is 14.9. The van der Waals surface area contributed by atoms with Gasteiger partial charge in [0.25, 0.3) is 0 Å². The van der Waals surface area contributed by atoms with Crippen molar-refractivity contribution in [1.82, 2.24) is 5.32 Å². The van der Waals surface area contributed by atoms with Crippen molar-refractivity contribution in [3.8, 4) is 0 Å². The number of nitrogens with one attached hydrogen (secondary N) is 1. The van der Waals surface area contributed by atoms with Gasteiger partial charge >= 0.3 is 0 Å². The topological polar surface area (TPSA) is 58.6 Å². The zero-order valence-corrected chi connectivity index (χ0v) is 10.9. The number of alkyl halides is 1. The lowest BCUT2D eigenvalue weighted by molar-refractivity contribution is -0.122. The van der Waals surface area contributed by atoms with E-state index in [1.165, 1.54) is 0 Å². The van der Waals surface area contributed by atoms with Gasteiger partial charge in [0.05, 0.1) is 19.8 Å². The fraction of sp³-hybridized carbons (Fsp3) is 0.900. The second-order valence-corrected chi connectivity index (χ2v) is 5.00. The largest absolute Gasteiger partial charge is 0.395 e. The summed E-state index contributed by atoms with van der Waals surface area (Å²) in [5.74, 6) is 0.356. The summed E-state index contributed by atoms with van der Waals surface area (Å²) in [7, 11) is 0. The molecule has 0 aromatic rings. The van der Waals surface area contributed by atoms with Crippen molar-refractivity contribution in [2.24, 2.45) is 5.92 Å². The quantitative estimate of drug-likeness (QED) is 0.514. The molecule has 2 atom stereocenters. The van der Waals surface area contributed by atoms with Crippen LogP contribution in [0.25, 0.3) is 0 Å². The Bertz CT molecular complexity index is 176. The van der Waals surface area contributed by atoms with Gasteiger partial charge in [0.2, 0.25) is 5.91 Å². The number of rotatable bonds is 8. The molecule has 0 bridgehead atoms. The Labute approximate surface area is 99.5 Å². The van der Waals surface area contributed by atoms with Crippen LogP contribution in [-0.2, 0) is 9.53 Å². The van der Waals surface area contributed by atoms with E-state index in [4.69, 9.17) is 9.84 Å². The van der Waals surface area contributed by atoms with E-state index < -0.39 is 0 Å². The minimum Gasteiger partial charge on any atom is -0.395 e. The van der Waals surface area contributed by atoms with E-state index in [-0.39, 0.29) is 12.5 Å². The Balaban J connectivity index is 3.34. The third-order valence-corrected chi connectivity index (χ3v) is 2.97. The lowest BCUT2D eigenvalue weighted by atomic mass is 10.1. The molecule has 0 aliphatic rings. The van der Waals surface area contributed by atoms with Gasteiger partial charge in [0, 0.05) is 17.8 Å². The summed E-state index contributed by atoms with van der Waals surface area (Å²) in [5.41, 5.74) is 0. The van der Waals surface area contributed by atoms with Crippen LogP contribution in [0.1, 0.15) is 20.3 Å². The number of carbonyl (C=O) groups is 1. The molecule has 0 fully saturated rings. The maximum Gasteiger partial charge on any atom is 0.222 e. The van der Waals surface area contributed by atoms with Gasteiger partial charge in [-0.15, -0.1) is 0 Å². The number of ether oxygens (including phenoxy) is 1. The normalized spacial score (nSPS) is 14.7. The van der Waals surface area contributed by atoms with Crippen molar-refractivity contribution in [3.05, 3.63) is 0 Å². The molecule has 0 saturated heterocycles. The molecule has 0 radical (unpaired) electrons. The molecule has 5 heteroatoms. The fourth-order valence-corrected chi connectivity index (χ4v) is 1.00. The summed E-state index contributed by atoms with van der Waals surface area (Å²) >= 11 is 3.47. The van der Waals surface area contributed by atoms with Gasteiger partial charge in [-0.2, -0.15) is 0 Å². The molecule has 0 heterocycles. The first-order valence-corrected chi connectivity index (χ1v) is 6.08. The predicted octanol–water partition coefficient (Wildman–Crippen LogP) is 0.921. The predicted molar refractivity (Wildman–Crippen MR) is 63.1 cm³/mol. The van der Waals surface area contributed by atoms with Gasteiger partial charge in [0.15, 0.2) is 0 Å². The van der Waals surface area contributed by atoms with Crippen LogP contribution in [0, 0.1) is 5.92 Å². The van der Waals surface area contributed by atoms with Gasteiger partial charge in [-0.3, -0.25) is 4.79 Å². The molecule has 0 spiro atoms. The zero-order valence-electron chi connectivity index (χ0n) is 9.33. The Morgan fingerprint density at radius 3 is 2.73 bits per heavy atom. The number of halogens is 1. The molecule has 0 aromatic heterocycles. The Morgan fingerprint density at radius 1 is 1.53 bits per heavy atom. The van der Waals surface area contributed by atoms with Crippen molar-refractivity contribution in [1.29, 1.82) is 0 Å². The summed E-state index contributed by atoms with van der Waals surface area (Å²) < 4.78 is 5.35. The molecule has 90 valence electrons. The highest BCUT2D eigenvalue weighted by molar-refractivity contribution is 9.09. The lowest BCUT2D eigenvalue weighted by Crippen LogP contribution is -2.27. The number of carbonyl (C=O) groups excluding carboxylic acids is 1. The van der Waals surface area contributed by atoms with E-state index in [0.29, 0.717) is 36.9 Å². The van der Waals surface area contributed by atoms with E-state index in [1.54, 1.807) is 0 Å². The SMILES string of the molecule is CC(COCCC(=O)NCCO)[C@H](C)Br. The van der Waals surface area contributed by atoms with Crippen LogP contribution >= 0.6 is 15.9 Å². The minimum atomic E-state index is -0.0800. The van der Waals surface area contributed by atoms with Crippen LogP contribution in [0.3, 0.4) is 0 Å². The maximum absolute atomic E-state index is 11.1. The summed E-state index contributed by atoms with van der Waals surface area (Å²) in [6.45, 7) is 5.53. The first-order chi connectivity index (χ1) is 7.07. The molecular weight excluding hydrogens is 262 g/mol. The highest BCUT2D eigenvalue weighted by Crippen LogP contribution is 2.11. The highest BCUT2D eigenvalue weighted by atomic mass is 79.9. The van der Waals surface area contributed by atoms with Crippen LogP contribution in [0.2, 0.25) is 0 Å². The maximum atomic E-state index is 11.1. The second kappa shape index (κ2) is 9.12. The number of aliphatic hydroxyl groups excluding tert-OH is 1. The molecule has 1 amide bonds. The van der Waals surface area contributed by atoms with Gasteiger partial charge in [-0.05, 0) is 5.92 Å². The van der Waals surface area contributed by atoms with E-state index in [2.05, 4.69) is 35.1 Å². The van der Waals surface area contributed by atoms with Gasteiger partial charge < -0.3 is 15.2 Å². The zero-order chi connectivity index (χ0) is 11.7. The van der Waals surface area contributed by atoms with E-state index in [0.717, 1.165) is 0 Å². The van der Waals surface area contributed by atoms with Crippen LogP contribution in [0.15, 0.2) is 0 Å². The van der Waals surface area contributed by atoms with Gasteiger partial charge in [-0.1, -0.05) is 29.8 Å². The number of amides is 1. The molecule has 0 rings (SSSR count). The fourth-order valence-electron chi connectivity index (χ4n) is 0.850. The Hall–Kier alpha value is -0.130. The Morgan fingerprint density at radius 2 is 2.20 bits per heavy atom. The van der Waals surface area contributed by atoms with E-state index in [9.17, 15) is 4.79 Å². The highest BCUT2D eigenvalue weighted by Gasteiger charge is 2.08.